The summed E-state index contributed by atoms with van der Waals surface area (Å²) in [6.45, 7) is 2.09. The van der Waals surface area contributed by atoms with E-state index in [1.165, 1.54) is 0 Å². The highest BCUT2D eigenvalue weighted by Gasteiger charge is 2.23. The lowest BCUT2D eigenvalue weighted by atomic mass is 10.1. The third-order valence-corrected chi connectivity index (χ3v) is 4.42. The number of nitrogens with zero attached hydrogens (tertiary/aromatic N) is 2. The number of benzene rings is 1. The third-order valence-electron chi connectivity index (χ3n) is 3.38. The van der Waals surface area contributed by atoms with Crippen LogP contribution in [-0.4, -0.2) is 27.3 Å². The number of carboxylic acid groups (broad SMARTS) is 1. The van der Waals surface area contributed by atoms with Gasteiger partial charge in [0.1, 0.15) is 4.88 Å². The fourth-order valence-electron chi connectivity index (χ4n) is 2.45. The highest BCUT2D eigenvalue weighted by Crippen LogP contribution is 2.39. The van der Waals surface area contributed by atoms with E-state index in [0.717, 1.165) is 22.6 Å². The van der Waals surface area contributed by atoms with Crippen molar-refractivity contribution in [2.75, 3.05) is 6.79 Å². The third kappa shape index (κ3) is 1.71. The van der Waals surface area contributed by atoms with Crippen molar-refractivity contribution < 1.29 is 19.4 Å². The van der Waals surface area contributed by atoms with Crippen molar-refractivity contribution in [3.63, 3.8) is 0 Å². The summed E-state index contributed by atoms with van der Waals surface area (Å²) in [5, 5.41) is 9.44. The summed E-state index contributed by atoms with van der Waals surface area (Å²) in [5.41, 5.74) is 2.28. The number of hydrogen-bond acceptors (Lipinski definition) is 5. The Labute approximate surface area is 123 Å². The number of rotatable bonds is 2. The number of ether oxygens (including phenoxy) is 2. The number of aryl methyl sites for hydroxylation is 1. The van der Waals surface area contributed by atoms with Gasteiger partial charge in [0.05, 0.1) is 5.69 Å². The molecule has 3 aromatic rings. The summed E-state index contributed by atoms with van der Waals surface area (Å²) >= 11 is 1.16. The van der Waals surface area contributed by atoms with Gasteiger partial charge >= 0.3 is 5.97 Å². The molecule has 1 aromatic carbocycles. The molecule has 1 aliphatic rings. The summed E-state index contributed by atoms with van der Waals surface area (Å²) in [4.78, 5) is 16.7. The summed E-state index contributed by atoms with van der Waals surface area (Å²) in [6.07, 6.45) is 1.73. The first-order chi connectivity index (χ1) is 10.1. The Morgan fingerprint density at radius 1 is 1.38 bits per heavy atom. The average molecular weight is 302 g/mol. The van der Waals surface area contributed by atoms with E-state index in [9.17, 15) is 9.90 Å². The largest absolute Gasteiger partial charge is 0.477 e. The molecule has 0 radical (unpaired) electrons. The molecule has 2 aromatic heterocycles. The zero-order valence-corrected chi connectivity index (χ0v) is 11.8. The average Bonchev–Trinajstić information content (AvgIpc) is 3.14. The van der Waals surface area contributed by atoms with Crippen LogP contribution in [0.3, 0.4) is 0 Å². The monoisotopic (exact) mass is 302 g/mol. The van der Waals surface area contributed by atoms with Crippen molar-refractivity contribution >= 4 is 22.3 Å². The Morgan fingerprint density at radius 2 is 2.19 bits per heavy atom. The molecule has 0 aliphatic carbocycles. The number of aromatic carboxylic acids is 1. The first kappa shape index (κ1) is 12.2. The van der Waals surface area contributed by atoms with Gasteiger partial charge < -0.3 is 14.6 Å². The van der Waals surface area contributed by atoms with Crippen molar-refractivity contribution in [1.29, 1.82) is 0 Å². The normalized spacial score (nSPS) is 13.0. The highest BCUT2D eigenvalue weighted by molar-refractivity contribution is 7.19. The van der Waals surface area contributed by atoms with E-state index in [0.29, 0.717) is 22.2 Å². The van der Waals surface area contributed by atoms with Crippen LogP contribution in [0.1, 0.15) is 15.4 Å². The molecule has 0 spiro atoms. The van der Waals surface area contributed by atoms with E-state index in [4.69, 9.17) is 9.47 Å². The van der Waals surface area contributed by atoms with Gasteiger partial charge in [0.25, 0.3) is 0 Å². The van der Waals surface area contributed by atoms with Crippen LogP contribution in [0.4, 0.5) is 0 Å². The lowest BCUT2D eigenvalue weighted by Crippen LogP contribution is -1.98. The topological polar surface area (TPSA) is 73.1 Å². The van der Waals surface area contributed by atoms with Crippen LogP contribution in [0.15, 0.2) is 24.4 Å². The van der Waals surface area contributed by atoms with Gasteiger partial charge in [-0.2, -0.15) is 0 Å². The van der Waals surface area contributed by atoms with Gasteiger partial charge in [0.15, 0.2) is 16.5 Å². The van der Waals surface area contributed by atoms with Gasteiger partial charge in [0.2, 0.25) is 6.79 Å². The molecule has 0 atom stereocenters. The first-order valence-electron chi connectivity index (χ1n) is 6.25. The van der Waals surface area contributed by atoms with Crippen molar-refractivity contribution in [3.05, 3.63) is 35.0 Å². The SMILES string of the molecule is Cc1cnc2sc(C(=O)O)c(-c3ccc4c(c3)OCO4)n12. The number of thiazole rings is 1. The van der Waals surface area contributed by atoms with Gasteiger partial charge in [-0.3, -0.25) is 4.40 Å². The minimum Gasteiger partial charge on any atom is -0.477 e. The fraction of sp³-hybridized carbons (Fsp3) is 0.143. The molecule has 6 nitrogen and oxygen atoms in total. The summed E-state index contributed by atoms with van der Waals surface area (Å²) in [5.74, 6) is 0.336. The van der Waals surface area contributed by atoms with Crippen LogP contribution in [0.2, 0.25) is 0 Å². The van der Waals surface area contributed by atoms with Crippen molar-refractivity contribution in [3.8, 4) is 22.8 Å². The molecule has 21 heavy (non-hydrogen) atoms. The second-order valence-corrected chi connectivity index (χ2v) is 5.65. The molecule has 106 valence electrons. The molecular formula is C14H10N2O4S. The molecule has 4 rings (SSSR count). The maximum Gasteiger partial charge on any atom is 0.348 e. The highest BCUT2D eigenvalue weighted by atomic mass is 32.1. The Hall–Kier alpha value is -2.54. The van der Waals surface area contributed by atoms with Gasteiger partial charge in [0, 0.05) is 17.5 Å². The molecule has 0 saturated carbocycles. The smallest absolute Gasteiger partial charge is 0.348 e. The summed E-state index contributed by atoms with van der Waals surface area (Å²) < 4.78 is 12.5. The number of fused-ring (bicyclic) bond motifs is 2. The molecule has 1 aliphatic heterocycles. The minimum atomic E-state index is -0.961. The Kier molecular flexibility index (Phi) is 2.46. The number of carbonyl (C=O) groups is 1. The Balaban J connectivity index is 2.02. The van der Waals surface area contributed by atoms with Crippen molar-refractivity contribution in [1.82, 2.24) is 9.38 Å². The van der Waals surface area contributed by atoms with Crippen molar-refractivity contribution in [2.45, 2.75) is 6.92 Å². The predicted molar refractivity (Wildman–Crippen MR) is 76.3 cm³/mol. The van der Waals surface area contributed by atoms with Crippen molar-refractivity contribution in [2.24, 2.45) is 0 Å². The van der Waals surface area contributed by atoms with Crippen LogP contribution in [0.25, 0.3) is 16.2 Å². The predicted octanol–water partition coefficient (Wildman–Crippen LogP) is 2.80. The van der Waals surface area contributed by atoms with Crippen LogP contribution < -0.4 is 9.47 Å². The van der Waals surface area contributed by atoms with Gasteiger partial charge in [-0.1, -0.05) is 11.3 Å². The lowest BCUT2D eigenvalue weighted by molar-refractivity contribution is 0.0702. The summed E-state index contributed by atoms with van der Waals surface area (Å²) in [6, 6.07) is 5.43. The second kappa shape index (κ2) is 4.23. The van der Waals surface area contributed by atoms with E-state index in [-0.39, 0.29) is 11.7 Å². The molecule has 0 amide bonds. The first-order valence-corrected chi connectivity index (χ1v) is 7.07. The lowest BCUT2D eigenvalue weighted by Gasteiger charge is -2.05. The van der Waals surface area contributed by atoms with Gasteiger partial charge in [-0.05, 0) is 25.1 Å². The maximum atomic E-state index is 11.5. The molecule has 3 heterocycles. The standard InChI is InChI=1S/C14H10N2O4S/c1-7-5-15-14-16(7)11(12(21-14)13(17)18)8-2-3-9-10(4-8)20-6-19-9/h2-5H,6H2,1H3,(H,17,18). The molecule has 0 saturated heterocycles. The van der Waals surface area contributed by atoms with Crippen LogP contribution in [0, 0.1) is 6.92 Å². The maximum absolute atomic E-state index is 11.5. The van der Waals surface area contributed by atoms with E-state index in [1.807, 2.05) is 17.4 Å². The number of hydrogen-bond donors (Lipinski definition) is 1. The quantitative estimate of drug-likeness (QED) is 0.788. The van der Waals surface area contributed by atoms with E-state index in [1.54, 1.807) is 18.3 Å². The van der Waals surface area contributed by atoms with Crippen LogP contribution in [0.5, 0.6) is 11.5 Å². The molecule has 0 unspecified atom stereocenters. The molecule has 1 N–H and O–H groups in total. The summed E-state index contributed by atoms with van der Waals surface area (Å²) in [7, 11) is 0. The number of imidazole rings is 1. The zero-order valence-electron chi connectivity index (χ0n) is 11.0. The Bertz CT molecular complexity index is 881. The van der Waals surface area contributed by atoms with E-state index < -0.39 is 5.97 Å². The van der Waals surface area contributed by atoms with Crippen LogP contribution in [-0.2, 0) is 0 Å². The number of aromatic nitrogens is 2. The second-order valence-electron chi connectivity index (χ2n) is 4.67. The van der Waals surface area contributed by atoms with Crippen LogP contribution >= 0.6 is 11.3 Å². The van der Waals surface area contributed by atoms with Gasteiger partial charge in [-0.25, -0.2) is 9.78 Å². The Morgan fingerprint density at radius 3 is 3.00 bits per heavy atom. The zero-order chi connectivity index (χ0) is 14.6. The molecule has 0 bridgehead atoms. The molecular weight excluding hydrogens is 292 g/mol. The van der Waals surface area contributed by atoms with Gasteiger partial charge in [-0.15, -0.1) is 0 Å². The minimum absolute atomic E-state index is 0.188. The molecule has 7 heteroatoms. The number of carboxylic acids is 1. The fourth-order valence-corrected chi connectivity index (χ4v) is 3.46. The van der Waals surface area contributed by atoms with E-state index in [2.05, 4.69) is 4.98 Å². The molecule has 0 fully saturated rings. The van der Waals surface area contributed by atoms with E-state index >= 15 is 0 Å².